The van der Waals surface area contributed by atoms with Crippen LogP contribution in [0.5, 0.6) is 11.5 Å². The fraction of sp³-hybridized carbons (Fsp3) is 0.0833. The first kappa shape index (κ1) is 11.1. The average Bonchev–Trinajstić information content (AvgIpc) is 2.30. The number of ether oxygens (including phenoxy) is 1. The number of pyridine rings is 1. The number of aromatic nitrogens is 1. The molecule has 0 bridgehead atoms. The number of aliphatic hydroxyl groups excluding tert-OH is 1. The molecular formula is C12H10BrNO2. The van der Waals surface area contributed by atoms with Gasteiger partial charge in [-0.2, -0.15) is 0 Å². The highest BCUT2D eigenvalue weighted by atomic mass is 79.9. The molecule has 0 aliphatic heterocycles. The number of hydrogen-bond donors (Lipinski definition) is 1. The van der Waals surface area contributed by atoms with Gasteiger partial charge in [0, 0.05) is 10.7 Å². The van der Waals surface area contributed by atoms with Crippen LogP contribution in [-0.2, 0) is 6.61 Å². The van der Waals surface area contributed by atoms with E-state index in [4.69, 9.17) is 9.84 Å². The summed E-state index contributed by atoms with van der Waals surface area (Å²) in [5, 5.41) is 8.90. The molecule has 0 aliphatic rings. The van der Waals surface area contributed by atoms with Crippen LogP contribution in [-0.4, -0.2) is 10.1 Å². The van der Waals surface area contributed by atoms with E-state index in [9.17, 15) is 0 Å². The Morgan fingerprint density at radius 2 is 1.88 bits per heavy atom. The molecule has 1 aromatic carbocycles. The highest BCUT2D eigenvalue weighted by Gasteiger charge is 1.98. The van der Waals surface area contributed by atoms with E-state index in [2.05, 4.69) is 20.9 Å². The van der Waals surface area contributed by atoms with Crippen molar-refractivity contribution in [1.82, 2.24) is 4.98 Å². The maximum atomic E-state index is 8.90. The van der Waals surface area contributed by atoms with Gasteiger partial charge in [0.25, 0.3) is 0 Å². The normalized spacial score (nSPS) is 10.1. The van der Waals surface area contributed by atoms with E-state index >= 15 is 0 Å². The maximum absolute atomic E-state index is 8.90. The standard InChI is InChI=1S/C12H10BrNO2/c13-10-5-12(7-14-6-10)16-11-3-1-9(8-15)2-4-11/h1-7,15H,8H2. The number of benzene rings is 1. The molecule has 0 fully saturated rings. The van der Waals surface area contributed by atoms with Gasteiger partial charge in [-0.15, -0.1) is 0 Å². The quantitative estimate of drug-likeness (QED) is 0.939. The van der Waals surface area contributed by atoms with E-state index in [1.54, 1.807) is 12.4 Å². The average molecular weight is 280 g/mol. The Morgan fingerprint density at radius 1 is 1.12 bits per heavy atom. The zero-order valence-corrected chi connectivity index (χ0v) is 10.0. The molecule has 2 aromatic rings. The van der Waals surface area contributed by atoms with Crippen LogP contribution < -0.4 is 4.74 Å². The number of aliphatic hydroxyl groups is 1. The summed E-state index contributed by atoms with van der Waals surface area (Å²) in [5.74, 6) is 1.39. The predicted molar refractivity (Wildman–Crippen MR) is 64.4 cm³/mol. The third-order valence-electron chi connectivity index (χ3n) is 2.02. The molecule has 82 valence electrons. The molecule has 0 radical (unpaired) electrons. The smallest absolute Gasteiger partial charge is 0.146 e. The summed E-state index contributed by atoms with van der Waals surface area (Å²) in [6.45, 7) is 0.0404. The Hall–Kier alpha value is -1.39. The molecule has 4 heteroatoms. The number of nitrogens with zero attached hydrogens (tertiary/aromatic N) is 1. The Bertz CT molecular complexity index is 471. The van der Waals surface area contributed by atoms with Crippen LogP contribution in [0.1, 0.15) is 5.56 Å². The SMILES string of the molecule is OCc1ccc(Oc2cncc(Br)c2)cc1. The largest absolute Gasteiger partial charge is 0.456 e. The Morgan fingerprint density at radius 3 is 2.50 bits per heavy atom. The Kier molecular flexibility index (Phi) is 3.54. The minimum atomic E-state index is 0.0404. The van der Waals surface area contributed by atoms with Gasteiger partial charge in [-0.05, 0) is 39.7 Å². The van der Waals surface area contributed by atoms with Gasteiger partial charge in [-0.3, -0.25) is 4.98 Å². The first-order chi connectivity index (χ1) is 7.78. The lowest BCUT2D eigenvalue weighted by molar-refractivity contribution is 0.281. The second-order valence-electron chi connectivity index (χ2n) is 3.24. The molecule has 0 atom stereocenters. The molecule has 0 saturated heterocycles. The van der Waals surface area contributed by atoms with Gasteiger partial charge in [-0.25, -0.2) is 0 Å². The highest BCUT2D eigenvalue weighted by molar-refractivity contribution is 9.10. The Balaban J connectivity index is 2.14. The lowest BCUT2D eigenvalue weighted by atomic mass is 10.2. The second-order valence-corrected chi connectivity index (χ2v) is 4.16. The molecule has 1 N–H and O–H groups in total. The number of hydrogen-bond acceptors (Lipinski definition) is 3. The predicted octanol–water partition coefficient (Wildman–Crippen LogP) is 3.13. The molecule has 0 amide bonds. The zero-order valence-electron chi connectivity index (χ0n) is 8.43. The van der Waals surface area contributed by atoms with E-state index in [0.717, 1.165) is 15.8 Å². The van der Waals surface area contributed by atoms with E-state index in [-0.39, 0.29) is 6.61 Å². The molecule has 2 rings (SSSR count). The van der Waals surface area contributed by atoms with E-state index < -0.39 is 0 Å². The van der Waals surface area contributed by atoms with Crippen molar-refractivity contribution < 1.29 is 9.84 Å². The topological polar surface area (TPSA) is 42.4 Å². The summed E-state index contributed by atoms with van der Waals surface area (Å²) in [6.07, 6.45) is 3.34. The van der Waals surface area contributed by atoms with Gasteiger partial charge in [0.15, 0.2) is 0 Å². The van der Waals surface area contributed by atoms with Crippen molar-refractivity contribution in [2.45, 2.75) is 6.61 Å². The molecule has 16 heavy (non-hydrogen) atoms. The van der Waals surface area contributed by atoms with Gasteiger partial charge in [0.05, 0.1) is 12.8 Å². The maximum Gasteiger partial charge on any atom is 0.146 e. The first-order valence-corrected chi connectivity index (χ1v) is 5.55. The summed E-state index contributed by atoms with van der Waals surface area (Å²) in [5.41, 5.74) is 0.861. The molecule has 1 heterocycles. The third-order valence-corrected chi connectivity index (χ3v) is 2.46. The zero-order chi connectivity index (χ0) is 11.4. The van der Waals surface area contributed by atoms with Crippen molar-refractivity contribution in [3.05, 3.63) is 52.8 Å². The number of rotatable bonds is 3. The van der Waals surface area contributed by atoms with Crippen LogP contribution in [0.3, 0.4) is 0 Å². The van der Waals surface area contributed by atoms with Crippen LogP contribution in [0, 0.1) is 0 Å². The van der Waals surface area contributed by atoms with E-state index in [0.29, 0.717) is 5.75 Å². The number of halogens is 1. The van der Waals surface area contributed by atoms with Gasteiger partial charge < -0.3 is 9.84 Å². The summed E-state index contributed by atoms with van der Waals surface area (Å²) in [7, 11) is 0. The van der Waals surface area contributed by atoms with Crippen LogP contribution in [0.15, 0.2) is 47.2 Å². The molecular weight excluding hydrogens is 270 g/mol. The molecule has 0 aliphatic carbocycles. The second kappa shape index (κ2) is 5.09. The van der Waals surface area contributed by atoms with Gasteiger partial charge in [-0.1, -0.05) is 12.1 Å². The molecule has 3 nitrogen and oxygen atoms in total. The van der Waals surface area contributed by atoms with Crippen molar-refractivity contribution in [3.63, 3.8) is 0 Å². The third kappa shape index (κ3) is 2.81. The van der Waals surface area contributed by atoms with Crippen molar-refractivity contribution in [3.8, 4) is 11.5 Å². The van der Waals surface area contributed by atoms with Crippen LogP contribution in [0.2, 0.25) is 0 Å². The highest BCUT2D eigenvalue weighted by Crippen LogP contribution is 2.23. The van der Waals surface area contributed by atoms with E-state index in [1.165, 1.54) is 0 Å². The van der Waals surface area contributed by atoms with Gasteiger partial charge in [0.1, 0.15) is 11.5 Å². The van der Waals surface area contributed by atoms with E-state index in [1.807, 2.05) is 30.3 Å². The molecule has 0 spiro atoms. The minimum absolute atomic E-state index is 0.0404. The van der Waals surface area contributed by atoms with Crippen LogP contribution in [0.4, 0.5) is 0 Å². The summed E-state index contributed by atoms with van der Waals surface area (Å²) < 4.78 is 6.46. The fourth-order valence-electron chi connectivity index (χ4n) is 1.25. The van der Waals surface area contributed by atoms with Crippen LogP contribution >= 0.6 is 15.9 Å². The van der Waals surface area contributed by atoms with Gasteiger partial charge in [0.2, 0.25) is 0 Å². The fourth-order valence-corrected chi connectivity index (χ4v) is 1.59. The summed E-state index contributed by atoms with van der Waals surface area (Å²) in [4.78, 5) is 4.00. The van der Waals surface area contributed by atoms with Gasteiger partial charge >= 0.3 is 0 Å². The molecule has 0 unspecified atom stereocenters. The first-order valence-electron chi connectivity index (χ1n) is 4.76. The van der Waals surface area contributed by atoms with Crippen molar-refractivity contribution in [1.29, 1.82) is 0 Å². The molecule has 0 saturated carbocycles. The van der Waals surface area contributed by atoms with Crippen LogP contribution in [0.25, 0.3) is 0 Å². The van der Waals surface area contributed by atoms with Crippen molar-refractivity contribution in [2.24, 2.45) is 0 Å². The summed E-state index contributed by atoms with van der Waals surface area (Å²) >= 11 is 3.32. The molecule has 1 aromatic heterocycles. The minimum Gasteiger partial charge on any atom is -0.456 e. The Labute approximate surface area is 102 Å². The lowest BCUT2D eigenvalue weighted by Crippen LogP contribution is -1.87. The summed E-state index contributed by atoms with van der Waals surface area (Å²) in [6, 6.07) is 9.10. The monoisotopic (exact) mass is 279 g/mol. The van der Waals surface area contributed by atoms with Crippen molar-refractivity contribution >= 4 is 15.9 Å². The van der Waals surface area contributed by atoms with Crippen molar-refractivity contribution in [2.75, 3.05) is 0 Å². The lowest BCUT2D eigenvalue weighted by Gasteiger charge is -2.05.